The second-order valence-electron chi connectivity index (χ2n) is 8.80. The largest absolute Gasteiger partial charge is 0.374 e. The van der Waals surface area contributed by atoms with E-state index in [1.54, 1.807) is 0 Å². The molecule has 1 saturated heterocycles. The van der Waals surface area contributed by atoms with Gasteiger partial charge >= 0.3 is 0 Å². The lowest BCUT2D eigenvalue weighted by Gasteiger charge is -2.36. The Morgan fingerprint density at radius 3 is 2.09 bits per heavy atom. The summed E-state index contributed by atoms with van der Waals surface area (Å²) < 4.78 is 6.22. The molecule has 0 amide bonds. The Morgan fingerprint density at radius 1 is 0.783 bits per heavy atom. The molecule has 2 unspecified atom stereocenters. The highest BCUT2D eigenvalue weighted by Gasteiger charge is 2.30. The van der Waals surface area contributed by atoms with Crippen molar-refractivity contribution in [1.82, 2.24) is 0 Å². The van der Waals surface area contributed by atoms with E-state index in [1.807, 2.05) is 0 Å². The molecular weight excluding hydrogens is 280 g/mol. The second kappa shape index (κ2) is 8.70. The van der Waals surface area contributed by atoms with Gasteiger partial charge in [0.05, 0.1) is 12.7 Å². The lowest BCUT2D eigenvalue weighted by Crippen LogP contribution is -2.31. The van der Waals surface area contributed by atoms with E-state index in [0.717, 1.165) is 36.2 Å². The molecule has 132 valence electrons. The van der Waals surface area contributed by atoms with Crippen LogP contribution in [0.25, 0.3) is 0 Å². The molecule has 3 fully saturated rings. The van der Waals surface area contributed by atoms with Crippen LogP contribution in [0, 0.1) is 29.6 Å². The van der Waals surface area contributed by atoms with E-state index in [9.17, 15) is 0 Å². The van der Waals surface area contributed by atoms with E-state index in [1.165, 1.54) is 70.6 Å². The van der Waals surface area contributed by atoms with Crippen LogP contribution in [0.2, 0.25) is 0 Å². The second-order valence-corrected chi connectivity index (χ2v) is 8.80. The summed E-state index contributed by atoms with van der Waals surface area (Å²) in [4.78, 5) is 0. The average molecular weight is 319 g/mol. The van der Waals surface area contributed by atoms with Crippen LogP contribution < -0.4 is 0 Å². The summed E-state index contributed by atoms with van der Waals surface area (Å²) in [5.41, 5.74) is 0. The van der Waals surface area contributed by atoms with E-state index in [4.69, 9.17) is 4.74 Å². The Labute approximate surface area is 144 Å². The van der Waals surface area contributed by atoms with Crippen LogP contribution >= 0.6 is 0 Å². The molecule has 1 nitrogen and oxygen atoms in total. The minimum absolute atomic E-state index is 0.415. The average Bonchev–Trinajstić information content (AvgIpc) is 2.61. The Kier molecular flexibility index (Phi) is 6.62. The molecule has 0 aromatic heterocycles. The maximum absolute atomic E-state index is 6.22. The fourth-order valence-corrected chi connectivity index (χ4v) is 5.14. The van der Waals surface area contributed by atoms with Gasteiger partial charge in [-0.25, -0.2) is 0 Å². The van der Waals surface area contributed by atoms with Gasteiger partial charge in [-0.3, -0.25) is 0 Å². The van der Waals surface area contributed by atoms with Crippen LogP contribution in [0.1, 0.15) is 84.5 Å². The van der Waals surface area contributed by atoms with Gasteiger partial charge in [-0.2, -0.15) is 0 Å². The van der Waals surface area contributed by atoms with Crippen LogP contribution in [0.15, 0.2) is 12.2 Å². The third kappa shape index (κ3) is 5.08. The zero-order valence-electron chi connectivity index (χ0n) is 15.5. The lowest BCUT2D eigenvalue weighted by molar-refractivity contribution is -0.0163. The van der Waals surface area contributed by atoms with Gasteiger partial charge in [-0.1, -0.05) is 45.3 Å². The predicted octanol–water partition coefficient (Wildman–Crippen LogP) is 6.38. The van der Waals surface area contributed by atoms with Gasteiger partial charge in [-0.05, 0) is 81.0 Å². The zero-order chi connectivity index (χ0) is 16.1. The van der Waals surface area contributed by atoms with Crippen LogP contribution in [0.4, 0.5) is 0 Å². The van der Waals surface area contributed by atoms with Crippen molar-refractivity contribution in [3.05, 3.63) is 12.2 Å². The minimum atomic E-state index is 0.415. The summed E-state index contributed by atoms with van der Waals surface area (Å²) >= 11 is 0. The number of hydrogen-bond acceptors (Lipinski definition) is 1. The van der Waals surface area contributed by atoms with E-state index < -0.39 is 0 Å². The molecule has 0 spiro atoms. The molecule has 1 heterocycles. The van der Waals surface area contributed by atoms with Crippen molar-refractivity contribution in [3.8, 4) is 0 Å². The molecule has 0 N–H and O–H groups in total. The highest BCUT2D eigenvalue weighted by molar-refractivity contribution is 4.97. The van der Waals surface area contributed by atoms with Crippen molar-refractivity contribution in [1.29, 1.82) is 0 Å². The molecule has 2 atom stereocenters. The minimum Gasteiger partial charge on any atom is -0.374 e. The van der Waals surface area contributed by atoms with Crippen molar-refractivity contribution < 1.29 is 4.74 Å². The normalized spacial score (nSPS) is 42.9. The Morgan fingerprint density at radius 2 is 1.48 bits per heavy atom. The molecule has 23 heavy (non-hydrogen) atoms. The summed E-state index contributed by atoms with van der Waals surface area (Å²) in [5.74, 6) is 4.62. The van der Waals surface area contributed by atoms with E-state index in [-0.39, 0.29) is 0 Å². The van der Waals surface area contributed by atoms with Gasteiger partial charge in [0.1, 0.15) is 0 Å². The van der Waals surface area contributed by atoms with E-state index in [0.29, 0.717) is 6.10 Å². The first-order valence-corrected chi connectivity index (χ1v) is 10.5. The molecule has 0 bridgehead atoms. The Hall–Kier alpha value is -0.300. The van der Waals surface area contributed by atoms with Crippen molar-refractivity contribution in [2.24, 2.45) is 29.6 Å². The zero-order valence-corrected chi connectivity index (χ0v) is 15.5. The van der Waals surface area contributed by atoms with E-state index in [2.05, 4.69) is 26.0 Å². The molecule has 2 aliphatic carbocycles. The first kappa shape index (κ1) is 17.5. The number of hydrogen-bond donors (Lipinski definition) is 0. The van der Waals surface area contributed by atoms with Crippen LogP contribution in [-0.4, -0.2) is 12.7 Å². The standard InChI is InChI=1S/C22H38O/c1-3-18-6-8-19(9-7-18)10-14-22-15-13-21(16-23-22)20-11-4-17(2)5-12-20/h10,14,17-22H,3-9,11-13,15-16H2,1-2H3/b14-10+. The van der Waals surface area contributed by atoms with Crippen molar-refractivity contribution in [2.75, 3.05) is 6.61 Å². The topological polar surface area (TPSA) is 9.23 Å². The molecule has 2 saturated carbocycles. The van der Waals surface area contributed by atoms with Crippen LogP contribution in [0.5, 0.6) is 0 Å². The summed E-state index contributed by atoms with van der Waals surface area (Å²) in [7, 11) is 0. The van der Waals surface area contributed by atoms with Gasteiger partial charge in [0.15, 0.2) is 0 Å². The van der Waals surface area contributed by atoms with Gasteiger partial charge in [0.25, 0.3) is 0 Å². The van der Waals surface area contributed by atoms with Gasteiger partial charge in [0, 0.05) is 0 Å². The summed E-state index contributed by atoms with van der Waals surface area (Å²) in [5, 5.41) is 0. The summed E-state index contributed by atoms with van der Waals surface area (Å²) in [6.07, 6.45) is 20.9. The quantitative estimate of drug-likeness (QED) is 0.546. The highest BCUT2D eigenvalue weighted by Crippen LogP contribution is 2.38. The third-order valence-electron chi connectivity index (χ3n) is 7.14. The fourth-order valence-electron chi connectivity index (χ4n) is 5.14. The molecule has 1 aliphatic heterocycles. The Balaban J connectivity index is 1.37. The first-order valence-electron chi connectivity index (χ1n) is 10.5. The van der Waals surface area contributed by atoms with Crippen LogP contribution in [0.3, 0.4) is 0 Å². The number of rotatable bonds is 4. The molecule has 3 aliphatic rings. The summed E-state index contributed by atoms with van der Waals surface area (Å²) in [6.45, 7) is 5.79. The molecule has 0 radical (unpaired) electrons. The molecule has 1 heteroatoms. The van der Waals surface area contributed by atoms with E-state index >= 15 is 0 Å². The molecule has 3 rings (SSSR count). The smallest absolute Gasteiger partial charge is 0.0756 e. The first-order chi connectivity index (χ1) is 11.2. The third-order valence-corrected chi connectivity index (χ3v) is 7.14. The van der Waals surface area contributed by atoms with Gasteiger partial charge < -0.3 is 4.74 Å². The number of ether oxygens (including phenoxy) is 1. The maximum Gasteiger partial charge on any atom is 0.0756 e. The molecule has 0 aromatic rings. The number of allylic oxidation sites excluding steroid dienone is 1. The van der Waals surface area contributed by atoms with Gasteiger partial charge in [-0.15, -0.1) is 0 Å². The van der Waals surface area contributed by atoms with Crippen molar-refractivity contribution in [3.63, 3.8) is 0 Å². The Bertz CT molecular complexity index is 350. The maximum atomic E-state index is 6.22. The SMILES string of the molecule is CCC1CCC(/C=C/C2CCC(C3CCC(C)CC3)CO2)CC1. The highest BCUT2D eigenvalue weighted by atomic mass is 16.5. The monoisotopic (exact) mass is 318 g/mol. The van der Waals surface area contributed by atoms with Gasteiger partial charge in [0.2, 0.25) is 0 Å². The molecular formula is C22H38O. The lowest BCUT2D eigenvalue weighted by atomic mass is 9.74. The van der Waals surface area contributed by atoms with Crippen molar-refractivity contribution in [2.45, 2.75) is 90.6 Å². The van der Waals surface area contributed by atoms with Crippen molar-refractivity contribution >= 4 is 0 Å². The molecule has 0 aromatic carbocycles. The fraction of sp³-hybridized carbons (Fsp3) is 0.909. The summed E-state index contributed by atoms with van der Waals surface area (Å²) in [6, 6.07) is 0. The predicted molar refractivity (Wildman–Crippen MR) is 98.5 cm³/mol. The van der Waals surface area contributed by atoms with Crippen LogP contribution in [-0.2, 0) is 4.74 Å².